The van der Waals surface area contributed by atoms with Crippen molar-refractivity contribution in [1.29, 1.82) is 0 Å². The molecule has 1 aromatic carbocycles. The fourth-order valence-corrected chi connectivity index (χ4v) is 2.75. The number of ether oxygens (including phenoxy) is 2. The highest BCUT2D eigenvalue weighted by atomic mass is 16.8. The molecule has 5 heteroatoms. The summed E-state index contributed by atoms with van der Waals surface area (Å²) in [5.41, 5.74) is 5.11. The Labute approximate surface area is 124 Å². The summed E-state index contributed by atoms with van der Waals surface area (Å²) in [6.07, 6.45) is 6.04. The predicted octanol–water partition coefficient (Wildman–Crippen LogP) is 2.13. The summed E-state index contributed by atoms with van der Waals surface area (Å²) in [7, 11) is 0. The lowest BCUT2D eigenvalue weighted by atomic mass is 10.1. The van der Waals surface area contributed by atoms with Crippen molar-refractivity contribution in [2.75, 3.05) is 13.2 Å². The minimum Gasteiger partial charge on any atom is -0.484 e. The number of benzene rings is 1. The number of fused-ring (bicyclic) bond motifs is 1. The molecule has 0 radical (unpaired) electrons. The second-order valence-corrected chi connectivity index (χ2v) is 5.51. The molecule has 21 heavy (non-hydrogen) atoms. The van der Waals surface area contributed by atoms with Crippen LogP contribution in [0.2, 0.25) is 0 Å². The molecule has 0 unspecified atom stereocenters. The maximum Gasteiger partial charge on any atom is 0.281 e. The molecule has 0 bridgehead atoms. The Kier molecular flexibility index (Phi) is 4.72. The second kappa shape index (κ2) is 6.91. The summed E-state index contributed by atoms with van der Waals surface area (Å²) in [5, 5.41) is 0. The van der Waals surface area contributed by atoms with Crippen LogP contribution in [-0.2, 0) is 27.2 Å². The third-order valence-corrected chi connectivity index (χ3v) is 3.88. The van der Waals surface area contributed by atoms with Crippen molar-refractivity contribution in [1.82, 2.24) is 5.48 Å². The first-order chi connectivity index (χ1) is 10.3. The molecule has 0 saturated carbocycles. The van der Waals surface area contributed by atoms with E-state index in [4.69, 9.17) is 14.3 Å². The molecule has 1 amide bonds. The number of carbonyl (C=O) groups is 1. The number of carbonyl (C=O) groups excluding carboxylic acids is 1. The summed E-state index contributed by atoms with van der Waals surface area (Å²) in [5.74, 6) is 0.435. The van der Waals surface area contributed by atoms with Gasteiger partial charge in [0.1, 0.15) is 5.75 Å². The van der Waals surface area contributed by atoms with Gasteiger partial charge >= 0.3 is 0 Å². The zero-order valence-electron chi connectivity index (χ0n) is 12.1. The minimum atomic E-state index is -0.331. The maximum atomic E-state index is 11.7. The number of nitrogens with one attached hydrogen (secondary N) is 1. The third kappa shape index (κ3) is 3.95. The van der Waals surface area contributed by atoms with E-state index in [0.717, 1.165) is 37.9 Å². The number of hydrogen-bond acceptors (Lipinski definition) is 4. The van der Waals surface area contributed by atoms with Crippen molar-refractivity contribution in [3.8, 4) is 5.75 Å². The summed E-state index contributed by atoms with van der Waals surface area (Å²) in [6, 6.07) is 6.03. The first-order valence-electron chi connectivity index (χ1n) is 7.62. The third-order valence-electron chi connectivity index (χ3n) is 3.88. The zero-order valence-corrected chi connectivity index (χ0v) is 12.1. The summed E-state index contributed by atoms with van der Waals surface area (Å²) < 4.78 is 10.9. The molecule has 3 rings (SSSR count). The first-order valence-corrected chi connectivity index (χ1v) is 7.62. The fraction of sp³-hybridized carbons (Fsp3) is 0.562. The van der Waals surface area contributed by atoms with E-state index in [9.17, 15) is 4.79 Å². The van der Waals surface area contributed by atoms with Crippen LogP contribution in [-0.4, -0.2) is 25.4 Å². The van der Waals surface area contributed by atoms with Crippen LogP contribution in [0.1, 0.15) is 36.8 Å². The summed E-state index contributed by atoms with van der Waals surface area (Å²) >= 11 is 0. The minimum absolute atomic E-state index is 0.0501. The van der Waals surface area contributed by atoms with E-state index < -0.39 is 0 Å². The van der Waals surface area contributed by atoms with E-state index in [-0.39, 0.29) is 18.8 Å². The SMILES string of the molecule is O=C(COc1ccc2c(c1)CCC2)NO[C@H]1CCCCO1. The van der Waals surface area contributed by atoms with Gasteiger partial charge in [0.2, 0.25) is 0 Å². The number of hydrogen-bond donors (Lipinski definition) is 1. The van der Waals surface area contributed by atoms with Crippen LogP contribution in [0.3, 0.4) is 0 Å². The van der Waals surface area contributed by atoms with Gasteiger partial charge in [0.15, 0.2) is 12.9 Å². The van der Waals surface area contributed by atoms with Crippen molar-refractivity contribution >= 4 is 5.91 Å². The zero-order chi connectivity index (χ0) is 14.5. The van der Waals surface area contributed by atoms with Gasteiger partial charge in [-0.3, -0.25) is 4.79 Å². The monoisotopic (exact) mass is 291 g/mol. The molecule has 114 valence electrons. The first kappa shape index (κ1) is 14.4. The highest BCUT2D eigenvalue weighted by molar-refractivity contribution is 5.76. The number of rotatable bonds is 5. The van der Waals surface area contributed by atoms with Crippen molar-refractivity contribution in [3.63, 3.8) is 0 Å². The Balaban J connectivity index is 1.41. The van der Waals surface area contributed by atoms with Crippen molar-refractivity contribution in [2.24, 2.45) is 0 Å². The highest BCUT2D eigenvalue weighted by Gasteiger charge is 2.16. The standard InChI is InChI=1S/C16H21NO4/c18-15(17-21-16-6-1-2-9-19-16)11-20-14-8-7-12-4-3-5-13(12)10-14/h7-8,10,16H,1-6,9,11H2,(H,17,18)/t16-/m0/s1. The molecule has 1 saturated heterocycles. The molecule has 2 aliphatic rings. The van der Waals surface area contributed by atoms with E-state index in [1.807, 2.05) is 12.1 Å². The fourth-order valence-electron chi connectivity index (χ4n) is 2.75. The van der Waals surface area contributed by atoms with Crippen molar-refractivity contribution < 1.29 is 19.1 Å². The Bertz CT molecular complexity index is 497. The van der Waals surface area contributed by atoms with Gasteiger partial charge in [-0.2, -0.15) is 0 Å². The molecule has 1 heterocycles. The van der Waals surface area contributed by atoms with Crippen LogP contribution in [0.15, 0.2) is 18.2 Å². The van der Waals surface area contributed by atoms with Crippen LogP contribution in [0.4, 0.5) is 0 Å². The normalized spacial score (nSPS) is 20.9. The Hall–Kier alpha value is -1.59. The summed E-state index contributed by atoms with van der Waals surface area (Å²) in [4.78, 5) is 16.9. The number of amides is 1. The quantitative estimate of drug-likeness (QED) is 0.844. The molecule has 5 nitrogen and oxygen atoms in total. The number of aryl methyl sites for hydroxylation is 2. The van der Waals surface area contributed by atoms with E-state index >= 15 is 0 Å². The molecule has 1 fully saturated rings. The van der Waals surface area contributed by atoms with Gasteiger partial charge in [-0.1, -0.05) is 6.07 Å². The smallest absolute Gasteiger partial charge is 0.281 e. The lowest BCUT2D eigenvalue weighted by Crippen LogP contribution is -2.35. The van der Waals surface area contributed by atoms with Gasteiger partial charge in [-0.25, -0.2) is 10.3 Å². The molecule has 1 atom stereocenters. The molecule has 1 aromatic rings. The van der Waals surface area contributed by atoms with Crippen LogP contribution in [0.5, 0.6) is 5.75 Å². The van der Waals surface area contributed by atoms with E-state index in [1.54, 1.807) is 0 Å². The van der Waals surface area contributed by atoms with Gasteiger partial charge in [0, 0.05) is 13.0 Å². The molecule has 0 spiro atoms. The second-order valence-electron chi connectivity index (χ2n) is 5.51. The van der Waals surface area contributed by atoms with Crippen LogP contribution in [0, 0.1) is 0 Å². The largest absolute Gasteiger partial charge is 0.484 e. The van der Waals surface area contributed by atoms with Gasteiger partial charge < -0.3 is 9.47 Å². The average Bonchev–Trinajstić information content (AvgIpc) is 2.99. The topological polar surface area (TPSA) is 56.8 Å². The van der Waals surface area contributed by atoms with E-state index in [1.165, 1.54) is 17.5 Å². The molecule has 1 aliphatic carbocycles. The van der Waals surface area contributed by atoms with Crippen LogP contribution in [0.25, 0.3) is 0 Å². The lowest BCUT2D eigenvalue weighted by molar-refractivity contribution is -0.201. The molecule has 1 aliphatic heterocycles. The van der Waals surface area contributed by atoms with Crippen LogP contribution < -0.4 is 10.2 Å². The van der Waals surface area contributed by atoms with E-state index in [0.29, 0.717) is 6.61 Å². The Morgan fingerprint density at radius 2 is 2.14 bits per heavy atom. The van der Waals surface area contributed by atoms with Crippen molar-refractivity contribution in [3.05, 3.63) is 29.3 Å². The van der Waals surface area contributed by atoms with Gasteiger partial charge in [0.05, 0.1) is 0 Å². The highest BCUT2D eigenvalue weighted by Crippen LogP contribution is 2.25. The van der Waals surface area contributed by atoms with Gasteiger partial charge in [-0.15, -0.1) is 0 Å². The predicted molar refractivity (Wildman–Crippen MR) is 76.8 cm³/mol. The molecule has 1 N–H and O–H groups in total. The lowest BCUT2D eigenvalue weighted by Gasteiger charge is -2.22. The van der Waals surface area contributed by atoms with Gasteiger partial charge in [-0.05, 0) is 55.4 Å². The van der Waals surface area contributed by atoms with Gasteiger partial charge in [0.25, 0.3) is 5.91 Å². The average molecular weight is 291 g/mol. The Morgan fingerprint density at radius 3 is 3.00 bits per heavy atom. The molecular weight excluding hydrogens is 270 g/mol. The van der Waals surface area contributed by atoms with Crippen molar-refractivity contribution in [2.45, 2.75) is 44.8 Å². The van der Waals surface area contributed by atoms with Crippen LogP contribution >= 0.6 is 0 Å². The Morgan fingerprint density at radius 1 is 1.24 bits per heavy atom. The molecule has 0 aromatic heterocycles. The van der Waals surface area contributed by atoms with E-state index in [2.05, 4.69) is 11.5 Å². The maximum absolute atomic E-state index is 11.7. The summed E-state index contributed by atoms with van der Waals surface area (Å²) in [6.45, 7) is 0.637. The number of hydroxylamine groups is 1. The molecular formula is C16H21NO4.